The molecule has 1 aliphatic rings. The lowest BCUT2D eigenvalue weighted by Gasteiger charge is -2.31. The van der Waals surface area contributed by atoms with Gasteiger partial charge in [-0.2, -0.15) is 0 Å². The quantitative estimate of drug-likeness (QED) is 0.608. The Morgan fingerprint density at radius 3 is 2.61 bits per heavy atom. The average Bonchev–Trinajstić information content (AvgIpc) is 3.27. The molecule has 0 bridgehead atoms. The lowest BCUT2D eigenvalue weighted by Crippen LogP contribution is -2.44. The monoisotopic (exact) mass is 396 g/mol. The highest BCUT2D eigenvalue weighted by atomic mass is 32.1. The van der Waals surface area contributed by atoms with Crippen molar-refractivity contribution in [2.75, 3.05) is 18.1 Å². The van der Waals surface area contributed by atoms with Crippen LogP contribution in [0.4, 0.5) is 10.6 Å². The molecule has 0 unspecified atom stereocenters. The van der Waals surface area contributed by atoms with Crippen molar-refractivity contribution in [3.05, 3.63) is 42.2 Å². The maximum absolute atomic E-state index is 12.7. The van der Waals surface area contributed by atoms with Crippen LogP contribution in [0.1, 0.15) is 33.0 Å². The number of hydrogen-bond donors (Lipinski definition) is 0. The van der Waals surface area contributed by atoms with Gasteiger partial charge in [-0.3, -0.25) is 5.01 Å². The van der Waals surface area contributed by atoms with Crippen molar-refractivity contribution in [1.29, 1.82) is 0 Å². The fourth-order valence-corrected chi connectivity index (χ4v) is 4.36. The highest BCUT2D eigenvalue weighted by Crippen LogP contribution is 2.37. The number of fused-ring (bicyclic) bond motifs is 1. The lowest BCUT2D eigenvalue weighted by molar-refractivity contribution is 0.0273. The van der Waals surface area contributed by atoms with Gasteiger partial charge in [-0.1, -0.05) is 30.3 Å². The Hall–Kier alpha value is -2.67. The Balaban J connectivity index is 1.75. The number of ether oxygens (including phenoxy) is 1. The first kappa shape index (κ1) is 18.7. The molecule has 1 aromatic carbocycles. The highest BCUT2D eigenvalue weighted by Gasteiger charge is 2.33. The molecule has 28 heavy (non-hydrogen) atoms. The molecule has 146 valence electrons. The van der Waals surface area contributed by atoms with Gasteiger partial charge >= 0.3 is 6.09 Å². The van der Waals surface area contributed by atoms with E-state index in [1.54, 1.807) is 16.3 Å². The van der Waals surface area contributed by atoms with Crippen LogP contribution in [0.5, 0.6) is 0 Å². The number of rotatable bonds is 2. The van der Waals surface area contributed by atoms with Gasteiger partial charge in [0.1, 0.15) is 16.3 Å². The minimum Gasteiger partial charge on any atom is -0.442 e. The summed E-state index contributed by atoms with van der Waals surface area (Å²) in [5.41, 5.74) is 0.616. The van der Waals surface area contributed by atoms with E-state index in [4.69, 9.17) is 9.72 Å². The number of benzene rings is 1. The van der Waals surface area contributed by atoms with E-state index < -0.39 is 5.60 Å². The normalized spacial score (nSPS) is 14.7. The third-order valence-corrected chi connectivity index (χ3v) is 5.50. The van der Waals surface area contributed by atoms with Crippen molar-refractivity contribution in [3.63, 3.8) is 0 Å². The third-order valence-electron chi connectivity index (χ3n) is 4.42. The number of anilines is 1. The van der Waals surface area contributed by atoms with Crippen LogP contribution in [0.3, 0.4) is 0 Å². The molecule has 1 aliphatic heterocycles. The molecular weight excluding hydrogens is 372 g/mol. The number of thiophene rings is 1. The summed E-state index contributed by atoms with van der Waals surface area (Å²) in [6.45, 7) is 8.87. The zero-order valence-electron chi connectivity index (χ0n) is 16.6. The topological polar surface area (TPSA) is 58.6 Å². The molecule has 2 aromatic heterocycles. The standard InChI is InChI=1S/C21H24N4O2S/c1-14-22-18(24-11-8-12-25(24)20(26)27-21(2,3)4)16-13-17(28-19(16)23-14)15-9-6-5-7-10-15/h5-7,9-10,13H,8,11-12H2,1-4H3. The SMILES string of the molecule is Cc1nc(N2CCCN2C(=O)OC(C)(C)C)c2cc(-c3ccccc3)sc2n1. The lowest BCUT2D eigenvalue weighted by atomic mass is 10.2. The molecule has 1 saturated heterocycles. The molecule has 4 rings (SSSR count). The minimum absolute atomic E-state index is 0.340. The van der Waals surface area contributed by atoms with E-state index in [0.29, 0.717) is 12.4 Å². The first-order valence-corrected chi connectivity index (χ1v) is 10.2. The molecule has 7 heteroatoms. The van der Waals surface area contributed by atoms with Gasteiger partial charge in [-0.05, 0) is 45.7 Å². The zero-order chi connectivity index (χ0) is 19.9. The van der Waals surface area contributed by atoms with Crippen LogP contribution >= 0.6 is 11.3 Å². The molecule has 3 heterocycles. The number of nitrogens with zero attached hydrogens (tertiary/aromatic N) is 4. The van der Waals surface area contributed by atoms with Gasteiger partial charge in [-0.25, -0.2) is 19.8 Å². The summed E-state index contributed by atoms with van der Waals surface area (Å²) in [6, 6.07) is 12.4. The number of carbonyl (C=O) groups excluding carboxylic acids is 1. The average molecular weight is 397 g/mol. The molecule has 0 saturated carbocycles. The molecule has 0 spiro atoms. The van der Waals surface area contributed by atoms with Crippen LogP contribution in [0, 0.1) is 6.92 Å². The van der Waals surface area contributed by atoms with E-state index in [2.05, 4.69) is 23.2 Å². The van der Waals surface area contributed by atoms with Crippen molar-refractivity contribution in [2.45, 2.75) is 39.7 Å². The summed E-state index contributed by atoms with van der Waals surface area (Å²) in [6.07, 6.45) is 0.535. The van der Waals surface area contributed by atoms with Crippen LogP contribution in [-0.4, -0.2) is 39.8 Å². The third kappa shape index (κ3) is 3.67. The molecule has 3 aromatic rings. The van der Waals surface area contributed by atoms with Gasteiger partial charge in [0.25, 0.3) is 0 Å². The fraction of sp³-hybridized carbons (Fsp3) is 0.381. The second-order valence-corrected chi connectivity index (χ2v) is 8.90. The van der Waals surface area contributed by atoms with Gasteiger partial charge in [0.15, 0.2) is 5.82 Å². The fourth-order valence-electron chi connectivity index (χ4n) is 3.29. The molecule has 0 radical (unpaired) electrons. The molecule has 0 N–H and O–H groups in total. The molecule has 0 atom stereocenters. The van der Waals surface area contributed by atoms with E-state index >= 15 is 0 Å². The van der Waals surface area contributed by atoms with Crippen LogP contribution in [-0.2, 0) is 4.74 Å². The van der Waals surface area contributed by atoms with Crippen molar-refractivity contribution >= 4 is 33.5 Å². The Kier molecular flexibility index (Phi) is 4.71. The highest BCUT2D eigenvalue weighted by molar-refractivity contribution is 7.21. The van der Waals surface area contributed by atoms with Crippen LogP contribution in [0.25, 0.3) is 20.7 Å². The smallest absolute Gasteiger partial charge is 0.429 e. The minimum atomic E-state index is -0.537. The van der Waals surface area contributed by atoms with Gasteiger partial charge < -0.3 is 4.74 Å². The van der Waals surface area contributed by atoms with Crippen molar-refractivity contribution in [2.24, 2.45) is 0 Å². The molecular formula is C21H24N4O2S. The van der Waals surface area contributed by atoms with E-state index in [0.717, 1.165) is 39.4 Å². The number of carbonyl (C=O) groups is 1. The Bertz CT molecular complexity index is 1010. The molecule has 6 nitrogen and oxygen atoms in total. The van der Waals surface area contributed by atoms with E-state index in [1.807, 2.05) is 50.9 Å². The summed E-state index contributed by atoms with van der Waals surface area (Å²) in [5, 5.41) is 4.56. The summed E-state index contributed by atoms with van der Waals surface area (Å²) in [7, 11) is 0. The summed E-state index contributed by atoms with van der Waals surface area (Å²) in [5.74, 6) is 1.46. The largest absolute Gasteiger partial charge is 0.442 e. The van der Waals surface area contributed by atoms with Gasteiger partial charge in [0, 0.05) is 18.0 Å². The number of hydrazine groups is 1. The maximum Gasteiger partial charge on any atom is 0.429 e. The number of hydrogen-bond acceptors (Lipinski definition) is 6. The second kappa shape index (κ2) is 7.05. The number of amides is 1. The maximum atomic E-state index is 12.7. The van der Waals surface area contributed by atoms with Crippen molar-refractivity contribution in [3.8, 4) is 10.4 Å². The van der Waals surface area contributed by atoms with Crippen LogP contribution < -0.4 is 5.01 Å². The van der Waals surface area contributed by atoms with Gasteiger partial charge in [0.05, 0.1) is 5.39 Å². The van der Waals surface area contributed by atoms with Gasteiger partial charge in [-0.15, -0.1) is 11.3 Å². The second-order valence-electron chi connectivity index (χ2n) is 7.87. The number of aryl methyl sites for hydroxylation is 1. The molecule has 1 fully saturated rings. The van der Waals surface area contributed by atoms with Crippen molar-refractivity contribution in [1.82, 2.24) is 15.0 Å². The van der Waals surface area contributed by atoms with E-state index in [-0.39, 0.29) is 6.09 Å². The summed E-state index contributed by atoms with van der Waals surface area (Å²) in [4.78, 5) is 24.1. The summed E-state index contributed by atoms with van der Waals surface area (Å²) >= 11 is 1.64. The molecule has 1 amide bonds. The number of aromatic nitrogens is 2. The Morgan fingerprint density at radius 2 is 1.89 bits per heavy atom. The van der Waals surface area contributed by atoms with E-state index in [9.17, 15) is 4.79 Å². The zero-order valence-corrected chi connectivity index (χ0v) is 17.4. The van der Waals surface area contributed by atoms with Crippen LogP contribution in [0.15, 0.2) is 36.4 Å². The summed E-state index contributed by atoms with van der Waals surface area (Å²) < 4.78 is 5.59. The first-order chi connectivity index (χ1) is 13.3. The van der Waals surface area contributed by atoms with E-state index in [1.165, 1.54) is 0 Å². The Morgan fingerprint density at radius 1 is 1.14 bits per heavy atom. The molecule has 0 aliphatic carbocycles. The van der Waals surface area contributed by atoms with Gasteiger partial charge in [0.2, 0.25) is 0 Å². The van der Waals surface area contributed by atoms with Crippen molar-refractivity contribution < 1.29 is 9.53 Å². The van der Waals surface area contributed by atoms with Crippen LogP contribution in [0.2, 0.25) is 0 Å². The predicted octanol–water partition coefficient (Wildman–Crippen LogP) is 5.03. The Labute approximate surface area is 168 Å². The first-order valence-electron chi connectivity index (χ1n) is 9.43. The predicted molar refractivity (Wildman–Crippen MR) is 112 cm³/mol.